The van der Waals surface area contributed by atoms with Crippen LogP contribution in [0.4, 0.5) is 11.4 Å². The number of benzene rings is 1. The maximum absolute atomic E-state index is 11.5. The van der Waals surface area contributed by atoms with Gasteiger partial charge in [0.05, 0.1) is 6.61 Å². The highest BCUT2D eigenvalue weighted by atomic mass is 16.5. The molecule has 19 heavy (non-hydrogen) atoms. The van der Waals surface area contributed by atoms with Gasteiger partial charge < -0.3 is 21.1 Å². The second-order valence-electron chi connectivity index (χ2n) is 4.10. The lowest BCUT2D eigenvalue weighted by atomic mass is 10.1. The van der Waals surface area contributed by atoms with Crippen molar-refractivity contribution >= 4 is 23.2 Å². The molecule has 0 aliphatic rings. The van der Waals surface area contributed by atoms with Crippen LogP contribution in [0.5, 0.6) is 0 Å². The summed E-state index contributed by atoms with van der Waals surface area (Å²) in [5.41, 5.74) is 7.46. The van der Waals surface area contributed by atoms with Crippen LogP contribution in [-0.4, -0.2) is 31.6 Å². The van der Waals surface area contributed by atoms with E-state index in [0.717, 1.165) is 5.56 Å². The van der Waals surface area contributed by atoms with E-state index in [0.29, 0.717) is 24.5 Å². The Labute approximate surface area is 112 Å². The van der Waals surface area contributed by atoms with Gasteiger partial charge in [0.25, 0.3) is 0 Å². The van der Waals surface area contributed by atoms with Gasteiger partial charge in [-0.1, -0.05) is 6.07 Å². The molecule has 6 nitrogen and oxygen atoms in total. The predicted octanol–water partition coefficient (Wildman–Crippen LogP) is 0.867. The molecular formula is C13H19N3O3. The van der Waals surface area contributed by atoms with Crippen molar-refractivity contribution in [1.82, 2.24) is 0 Å². The van der Waals surface area contributed by atoms with E-state index in [1.54, 1.807) is 12.1 Å². The largest absolute Gasteiger partial charge is 0.370 e. The number of hydrogen-bond acceptors (Lipinski definition) is 4. The molecule has 0 spiro atoms. The van der Waals surface area contributed by atoms with Crippen LogP contribution in [0.2, 0.25) is 0 Å². The van der Waals surface area contributed by atoms with Gasteiger partial charge in [-0.2, -0.15) is 0 Å². The van der Waals surface area contributed by atoms with E-state index in [9.17, 15) is 9.59 Å². The Hall–Kier alpha value is -1.92. The number of hydrogen-bond donors (Lipinski definition) is 3. The summed E-state index contributed by atoms with van der Waals surface area (Å²) in [7, 11) is 0. The average Bonchev–Trinajstić information content (AvgIpc) is 2.33. The summed E-state index contributed by atoms with van der Waals surface area (Å²) >= 11 is 0. The average molecular weight is 265 g/mol. The Bertz CT molecular complexity index is 460. The Balaban J connectivity index is 2.63. The van der Waals surface area contributed by atoms with Crippen molar-refractivity contribution in [3.8, 4) is 0 Å². The van der Waals surface area contributed by atoms with Crippen molar-refractivity contribution in [1.29, 1.82) is 0 Å². The molecule has 0 aliphatic carbocycles. The van der Waals surface area contributed by atoms with Gasteiger partial charge in [0.15, 0.2) is 0 Å². The summed E-state index contributed by atoms with van der Waals surface area (Å²) < 4.78 is 5.03. The number of aryl methyl sites for hydroxylation is 1. The topological polar surface area (TPSA) is 93.5 Å². The second kappa shape index (κ2) is 7.50. The molecule has 0 saturated heterocycles. The number of anilines is 2. The minimum atomic E-state index is -0.258. The third kappa shape index (κ3) is 5.50. The minimum Gasteiger partial charge on any atom is -0.370 e. The molecule has 0 bridgehead atoms. The van der Waals surface area contributed by atoms with Crippen LogP contribution in [-0.2, 0) is 14.3 Å². The highest BCUT2D eigenvalue weighted by Gasteiger charge is 2.05. The summed E-state index contributed by atoms with van der Waals surface area (Å²) in [4.78, 5) is 22.6. The monoisotopic (exact) mass is 265 g/mol. The lowest BCUT2D eigenvalue weighted by Crippen LogP contribution is -2.20. The molecule has 2 amide bonds. The maximum Gasteiger partial charge on any atom is 0.250 e. The van der Waals surface area contributed by atoms with Crippen LogP contribution in [0.3, 0.4) is 0 Å². The normalized spacial score (nSPS) is 10.1. The summed E-state index contributed by atoms with van der Waals surface area (Å²) in [6.45, 7) is 4.00. The zero-order valence-electron chi connectivity index (χ0n) is 11.2. The molecule has 0 fully saturated rings. The van der Waals surface area contributed by atoms with Crippen molar-refractivity contribution in [3.63, 3.8) is 0 Å². The third-order valence-corrected chi connectivity index (χ3v) is 2.33. The summed E-state index contributed by atoms with van der Waals surface area (Å²) in [5, 5.41) is 5.39. The summed E-state index contributed by atoms with van der Waals surface area (Å²) in [5.74, 6) is -0.413. The number of ether oxygens (including phenoxy) is 1. The van der Waals surface area contributed by atoms with E-state index < -0.39 is 0 Å². The van der Waals surface area contributed by atoms with Gasteiger partial charge in [0.1, 0.15) is 6.61 Å². The molecule has 0 aromatic heterocycles. The molecule has 6 heteroatoms. The van der Waals surface area contributed by atoms with E-state index in [4.69, 9.17) is 10.5 Å². The second-order valence-corrected chi connectivity index (χ2v) is 4.10. The van der Waals surface area contributed by atoms with E-state index in [1.165, 1.54) is 6.92 Å². The van der Waals surface area contributed by atoms with Crippen LogP contribution in [0.1, 0.15) is 12.5 Å². The fourth-order valence-corrected chi connectivity index (χ4v) is 1.47. The SMILES string of the molecule is CC(=O)Nc1cc(NC(=O)COCCN)ccc1C. The number of amides is 2. The molecule has 0 unspecified atom stereocenters. The first-order valence-corrected chi connectivity index (χ1v) is 5.99. The predicted molar refractivity (Wildman–Crippen MR) is 74.0 cm³/mol. The first-order chi connectivity index (χ1) is 9.02. The van der Waals surface area contributed by atoms with Crippen molar-refractivity contribution in [2.75, 3.05) is 30.4 Å². The van der Waals surface area contributed by atoms with Gasteiger partial charge in [-0.05, 0) is 24.6 Å². The van der Waals surface area contributed by atoms with Crippen molar-refractivity contribution in [3.05, 3.63) is 23.8 Å². The fraction of sp³-hybridized carbons (Fsp3) is 0.385. The molecule has 0 aliphatic heterocycles. The number of carbonyl (C=O) groups is 2. The van der Waals surface area contributed by atoms with Crippen molar-refractivity contribution in [2.24, 2.45) is 5.73 Å². The summed E-state index contributed by atoms with van der Waals surface area (Å²) in [6, 6.07) is 5.29. The zero-order chi connectivity index (χ0) is 14.3. The lowest BCUT2D eigenvalue weighted by molar-refractivity contribution is -0.120. The first kappa shape index (κ1) is 15.1. The lowest BCUT2D eigenvalue weighted by Gasteiger charge is -2.10. The number of nitrogens with two attached hydrogens (primary N) is 1. The van der Waals surface area contributed by atoms with E-state index >= 15 is 0 Å². The molecule has 0 atom stereocenters. The van der Waals surface area contributed by atoms with Gasteiger partial charge >= 0.3 is 0 Å². The highest BCUT2D eigenvalue weighted by molar-refractivity contribution is 5.94. The van der Waals surface area contributed by atoms with Crippen molar-refractivity contribution < 1.29 is 14.3 Å². The Morgan fingerprint density at radius 1 is 1.32 bits per heavy atom. The first-order valence-electron chi connectivity index (χ1n) is 5.99. The Morgan fingerprint density at radius 3 is 2.68 bits per heavy atom. The smallest absolute Gasteiger partial charge is 0.250 e. The maximum atomic E-state index is 11.5. The molecule has 4 N–H and O–H groups in total. The van der Waals surface area contributed by atoms with Crippen LogP contribution >= 0.6 is 0 Å². The molecule has 0 radical (unpaired) electrons. The molecule has 1 aromatic carbocycles. The van der Waals surface area contributed by atoms with Gasteiger partial charge in [-0.25, -0.2) is 0 Å². The third-order valence-electron chi connectivity index (χ3n) is 2.33. The number of rotatable bonds is 6. The highest BCUT2D eigenvalue weighted by Crippen LogP contribution is 2.20. The van der Waals surface area contributed by atoms with E-state index in [-0.39, 0.29) is 18.4 Å². The molecule has 1 aromatic rings. The Kier molecular flexibility index (Phi) is 5.98. The standard InChI is InChI=1S/C13H19N3O3/c1-9-3-4-11(7-12(9)15-10(2)17)16-13(18)8-19-6-5-14/h3-4,7H,5-6,8,14H2,1-2H3,(H,15,17)(H,16,18). The van der Waals surface area contributed by atoms with E-state index in [2.05, 4.69) is 10.6 Å². The number of carbonyl (C=O) groups excluding carboxylic acids is 2. The zero-order valence-corrected chi connectivity index (χ0v) is 11.2. The van der Waals surface area contributed by atoms with Gasteiger partial charge in [-0.3, -0.25) is 9.59 Å². The van der Waals surface area contributed by atoms with Crippen LogP contribution in [0.15, 0.2) is 18.2 Å². The molecule has 1 rings (SSSR count). The van der Waals surface area contributed by atoms with Crippen molar-refractivity contribution in [2.45, 2.75) is 13.8 Å². The number of nitrogens with one attached hydrogen (secondary N) is 2. The Morgan fingerprint density at radius 2 is 2.05 bits per heavy atom. The molecule has 0 heterocycles. The molecule has 104 valence electrons. The fourth-order valence-electron chi connectivity index (χ4n) is 1.47. The summed E-state index contributed by atoms with van der Waals surface area (Å²) in [6.07, 6.45) is 0. The van der Waals surface area contributed by atoms with Gasteiger partial charge in [0, 0.05) is 24.8 Å². The molecule has 0 saturated carbocycles. The minimum absolute atomic E-state index is 0.0411. The van der Waals surface area contributed by atoms with Crippen LogP contribution in [0.25, 0.3) is 0 Å². The van der Waals surface area contributed by atoms with Crippen LogP contribution in [0, 0.1) is 6.92 Å². The quantitative estimate of drug-likeness (QED) is 0.665. The molecular weight excluding hydrogens is 246 g/mol. The van der Waals surface area contributed by atoms with Gasteiger partial charge in [-0.15, -0.1) is 0 Å². The van der Waals surface area contributed by atoms with Gasteiger partial charge in [0.2, 0.25) is 11.8 Å². The van der Waals surface area contributed by atoms with E-state index in [1.807, 2.05) is 13.0 Å². The van der Waals surface area contributed by atoms with Crippen LogP contribution < -0.4 is 16.4 Å².